The standard InChI is InChI=1S/C36H50N4O7S/c1-7-26(4)32(40-36(44)47-24-29-17-12-9-13-18-29)35(43)39-31(20-14-19-28-15-10-8-11-16-28)34(42)37-27(5)33(41)38-30(23-25(2)3)21-22-48(6,45)46/h8-19,21-22,25-27,30-32H,7,20,23-24H2,1-6H3,(H,37,42)(H,38,41)(H,39,43)(H,40,44)/b19-14+,22-21+/t26-,27-,30+,31-,32-/m0/s1. The molecule has 2 rings (SSSR count). The third-order valence-corrected chi connectivity index (χ3v) is 8.11. The Kier molecular flexibility index (Phi) is 16.6. The van der Waals surface area contributed by atoms with Crippen LogP contribution >= 0.6 is 0 Å². The number of rotatable bonds is 18. The molecule has 11 nitrogen and oxygen atoms in total. The zero-order valence-corrected chi connectivity index (χ0v) is 29.5. The predicted octanol–water partition coefficient (Wildman–Crippen LogP) is 4.51. The van der Waals surface area contributed by atoms with Crippen LogP contribution in [0.25, 0.3) is 6.08 Å². The molecule has 262 valence electrons. The van der Waals surface area contributed by atoms with Crippen molar-refractivity contribution in [1.82, 2.24) is 21.3 Å². The molecule has 12 heteroatoms. The smallest absolute Gasteiger partial charge is 0.408 e. The number of hydrogen-bond donors (Lipinski definition) is 4. The van der Waals surface area contributed by atoms with E-state index in [1.807, 2.05) is 94.4 Å². The van der Waals surface area contributed by atoms with Crippen LogP contribution in [0, 0.1) is 11.8 Å². The van der Waals surface area contributed by atoms with Gasteiger partial charge in [-0.1, -0.05) is 113 Å². The fraction of sp³-hybridized carbons (Fsp3) is 0.444. The van der Waals surface area contributed by atoms with E-state index in [9.17, 15) is 27.6 Å². The summed E-state index contributed by atoms with van der Waals surface area (Å²) in [5.41, 5.74) is 1.69. The molecule has 48 heavy (non-hydrogen) atoms. The average molecular weight is 683 g/mol. The Bertz CT molecular complexity index is 1490. The molecule has 0 unspecified atom stereocenters. The molecule has 2 aromatic rings. The number of sulfone groups is 1. The molecular weight excluding hydrogens is 632 g/mol. The van der Waals surface area contributed by atoms with Gasteiger partial charge in [0.05, 0.1) is 0 Å². The lowest BCUT2D eigenvalue weighted by Crippen LogP contribution is -2.57. The number of hydrogen-bond acceptors (Lipinski definition) is 7. The van der Waals surface area contributed by atoms with E-state index in [1.165, 1.54) is 13.0 Å². The first kappa shape index (κ1) is 39.7. The summed E-state index contributed by atoms with van der Waals surface area (Å²) in [6.45, 7) is 9.11. The van der Waals surface area contributed by atoms with Gasteiger partial charge in [0, 0.05) is 17.7 Å². The van der Waals surface area contributed by atoms with Crippen molar-refractivity contribution in [2.45, 2.75) is 84.7 Å². The maximum Gasteiger partial charge on any atom is 0.408 e. The van der Waals surface area contributed by atoms with Gasteiger partial charge in [-0.25, -0.2) is 13.2 Å². The molecule has 0 aromatic heterocycles. The van der Waals surface area contributed by atoms with Gasteiger partial charge >= 0.3 is 6.09 Å². The third-order valence-electron chi connectivity index (χ3n) is 7.46. The van der Waals surface area contributed by atoms with Gasteiger partial charge in [0.15, 0.2) is 9.84 Å². The van der Waals surface area contributed by atoms with Gasteiger partial charge in [0.1, 0.15) is 24.7 Å². The molecule has 2 aromatic carbocycles. The number of carbonyl (C=O) groups excluding carboxylic acids is 4. The molecule has 4 amide bonds. The minimum Gasteiger partial charge on any atom is -0.445 e. The average Bonchev–Trinajstić information content (AvgIpc) is 3.04. The largest absolute Gasteiger partial charge is 0.445 e. The molecule has 0 saturated carbocycles. The van der Waals surface area contributed by atoms with Gasteiger partial charge in [-0.05, 0) is 42.7 Å². The first-order valence-electron chi connectivity index (χ1n) is 16.2. The van der Waals surface area contributed by atoms with Gasteiger partial charge in [0.25, 0.3) is 0 Å². The van der Waals surface area contributed by atoms with Crippen molar-refractivity contribution in [3.8, 4) is 0 Å². The Morgan fingerprint density at radius 3 is 2.02 bits per heavy atom. The van der Waals surface area contributed by atoms with E-state index in [0.29, 0.717) is 12.8 Å². The van der Waals surface area contributed by atoms with Crippen molar-refractivity contribution in [2.75, 3.05) is 6.26 Å². The molecular formula is C36H50N4O7S. The Morgan fingerprint density at radius 1 is 0.812 bits per heavy atom. The quantitative estimate of drug-likeness (QED) is 0.180. The number of nitrogens with one attached hydrogen (secondary N) is 4. The van der Waals surface area contributed by atoms with Crippen molar-refractivity contribution in [2.24, 2.45) is 11.8 Å². The van der Waals surface area contributed by atoms with Gasteiger partial charge in [-0.15, -0.1) is 0 Å². The summed E-state index contributed by atoms with van der Waals surface area (Å²) in [6.07, 6.45) is 6.43. The monoisotopic (exact) mass is 682 g/mol. The van der Waals surface area contributed by atoms with E-state index >= 15 is 0 Å². The number of ether oxygens (including phenoxy) is 1. The highest BCUT2D eigenvalue weighted by Gasteiger charge is 2.31. The molecule has 0 spiro atoms. The molecule has 0 saturated heterocycles. The zero-order valence-electron chi connectivity index (χ0n) is 28.6. The zero-order chi connectivity index (χ0) is 35.7. The van der Waals surface area contributed by atoms with Crippen LogP contribution in [0.2, 0.25) is 0 Å². The topological polar surface area (TPSA) is 160 Å². The van der Waals surface area contributed by atoms with Crippen molar-refractivity contribution >= 4 is 39.7 Å². The molecule has 0 aliphatic heterocycles. The van der Waals surface area contributed by atoms with Crippen molar-refractivity contribution in [3.05, 3.63) is 89.4 Å². The predicted molar refractivity (Wildman–Crippen MR) is 188 cm³/mol. The summed E-state index contributed by atoms with van der Waals surface area (Å²) in [6, 6.07) is 14.9. The summed E-state index contributed by atoms with van der Waals surface area (Å²) in [5.74, 6) is -1.83. The third kappa shape index (κ3) is 15.4. The second-order valence-electron chi connectivity index (χ2n) is 12.3. The molecule has 0 fully saturated rings. The summed E-state index contributed by atoms with van der Waals surface area (Å²) in [4.78, 5) is 52.9. The van der Waals surface area contributed by atoms with Crippen LogP contribution in [-0.4, -0.2) is 62.7 Å². The first-order valence-corrected chi connectivity index (χ1v) is 18.1. The lowest BCUT2D eigenvalue weighted by atomic mass is 9.98. The number of alkyl carbamates (subject to hydrolysis) is 1. The second-order valence-corrected chi connectivity index (χ2v) is 14.2. The highest BCUT2D eigenvalue weighted by atomic mass is 32.2. The molecule has 0 radical (unpaired) electrons. The fourth-order valence-corrected chi connectivity index (χ4v) is 5.08. The summed E-state index contributed by atoms with van der Waals surface area (Å²) in [5, 5.41) is 11.9. The van der Waals surface area contributed by atoms with Crippen LogP contribution in [0.5, 0.6) is 0 Å². The molecule has 4 N–H and O–H groups in total. The van der Waals surface area contributed by atoms with E-state index in [1.54, 1.807) is 6.08 Å². The van der Waals surface area contributed by atoms with Crippen LogP contribution in [0.4, 0.5) is 4.79 Å². The van der Waals surface area contributed by atoms with Gasteiger partial charge in [-0.2, -0.15) is 0 Å². The first-order chi connectivity index (χ1) is 22.7. The minimum atomic E-state index is -3.40. The van der Waals surface area contributed by atoms with Crippen LogP contribution in [-0.2, 0) is 35.6 Å². The maximum absolute atomic E-state index is 13.6. The molecule has 0 aliphatic rings. The maximum atomic E-state index is 13.6. The van der Waals surface area contributed by atoms with Crippen molar-refractivity contribution in [3.63, 3.8) is 0 Å². The van der Waals surface area contributed by atoms with E-state index < -0.39 is 57.8 Å². The molecule has 0 heterocycles. The SMILES string of the molecule is CC[C@H](C)[C@H](NC(=O)OCc1ccccc1)C(=O)N[C@@H](C/C=C/c1ccccc1)C(=O)N[C@@H](C)C(=O)N[C@H](/C=C/S(C)(=O)=O)CC(C)C. The Balaban J connectivity index is 2.20. The number of amides is 4. The Morgan fingerprint density at radius 2 is 1.44 bits per heavy atom. The van der Waals surface area contributed by atoms with Gasteiger partial charge < -0.3 is 26.0 Å². The summed E-state index contributed by atoms with van der Waals surface area (Å²) < 4.78 is 28.7. The summed E-state index contributed by atoms with van der Waals surface area (Å²) in [7, 11) is -3.40. The minimum absolute atomic E-state index is 0.0266. The van der Waals surface area contributed by atoms with Crippen LogP contribution < -0.4 is 21.3 Å². The normalized spacial score (nSPS) is 14.9. The molecule has 5 atom stereocenters. The fourth-order valence-electron chi connectivity index (χ4n) is 4.61. The second kappa shape index (κ2) is 20.0. The summed E-state index contributed by atoms with van der Waals surface area (Å²) >= 11 is 0. The van der Waals surface area contributed by atoms with E-state index in [2.05, 4.69) is 21.3 Å². The highest BCUT2D eigenvalue weighted by Crippen LogP contribution is 2.12. The van der Waals surface area contributed by atoms with E-state index in [4.69, 9.17) is 4.74 Å². The van der Waals surface area contributed by atoms with Crippen molar-refractivity contribution in [1.29, 1.82) is 0 Å². The van der Waals surface area contributed by atoms with Crippen LogP contribution in [0.15, 0.2) is 78.2 Å². The Labute approximate surface area is 284 Å². The van der Waals surface area contributed by atoms with Crippen LogP contribution in [0.1, 0.15) is 65.0 Å². The highest BCUT2D eigenvalue weighted by molar-refractivity contribution is 7.93. The van der Waals surface area contributed by atoms with Gasteiger partial charge in [0.2, 0.25) is 17.7 Å². The van der Waals surface area contributed by atoms with E-state index in [-0.39, 0.29) is 24.9 Å². The molecule has 0 aliphatic carbocycles. The van der Waals surface area contributed by atoms with Crippen molar-refractivity contribution < 1.29 is 32.3 Å². The van der Waals surface area contributed by atoms with Gasteiger partial charge in [-0.3, -0.25) is 14.4 Å². The lowest BCUT2D eigenvalue weighted by Gasteiger charge is -2.27. The molecule has 0 bridgehead atoms. The number of carbonyl (C=O) groups is 4. The lowest BCUT2D eigenvalue weighted by molar-refractivity contribution is -0.132. The van der Waals surface area contributed by atoms with E-state index in [0.717, 1.165) is 22.8 Å². The Hall–Kier alpha value is -4.45. The van der Waals surface area contributed by atoms with Crippen LogP contribution in [0.3, 0.4) is 0 Å². The number of benzene rings is 2.